The smallest absolute Gasteiger partial charge is 0.256 e. The molecule has 1 aromatic heterocycles. The van der Waals surface area contributed by atoms with Gasteiger partial charge in [0.1, 0.15) is 6.04 Å². The van der Waals surface area contributed by atoms with Crippen LogP contribution in [0.5, 0.6) is 0 Å². The number of benzene rings is 1. The molecule has 6 nitrogen and oxygen atoms in total. The van der Waals surface area contributed by atoms with Crippen molar-refractivity contribution in [2.24, 2.45) is 5.73 Å². The van der Waals surface area contributed by atoms with E-state index >= 15 is 0 Å². The molecule has 1 saturated heterocycles. The van der Waals surface area contributed by atoms with Crippen LogP contribution < -0.4 is 5.73 Å². The maximum absolute atomic E-state index is 12.9. The van der Waals surface area contributed by atoms with Crippen LogP contribution in [0.3, 0.4) is 0 Å². The zero-order valence-corrected chi connectivity index (χ0v) is 14.3. The highest BCUT2D eigenvalue weighted by Gasteiger charge is 2.39. The minimum Gasteiger partial charge on any atom is -0.380 e. The first-order chi connectivity index (χ1) is 12.0. The van der Waals surface area contributed by atoms with Gasteiger partial charge < -0.3 is 15.4 Å². The molecule has 6 heteroatoms. The average Bonchev–Trinajstić information content (AvgIpc) is 3.06. The van der Waals surface area contributed by atoms with Crippen LogP contribution in [0.1, 0.15) is 22.3 Å². The second-order valence-electron chi connectivity index (χ2n) is 6.30. The Morgan fingerprint density at radius 2 is 2.04 bits per heavy atom. The molecule has 2 heterocycles. The highest BCUT2D eigenvalue weighted by molar-refractivity contribution is 5.98. The molecule has 0 saturated carbocycles. The number of amides is 2. The van der Waals surface area contributed by atoms with E-state index in [1.807, 2.05) is 31.2 Å². The summed E-state index contributed by atoms with van der Waals surface area (Å²) in [4.78, 5) is 30.3. The van der Waals surface area contributed by atoms with Gasteiger partial charge >= 0.3 is 0 Å². The molecular weight excluding hydrogens is 318 g/mol. The Bertz CT molecular complexity index is 806. The summed E-state index contributed by atoms with van der Waals surface area (Å²) in [5.41, 5.74) is 8.86. The molecule has 1 fully saturated rings. The summed E-state index contributed by atoms with van der Waals surface area (Å²) in [6.07, 6.45) is 3.47. The first-order valence-electron chi connectivity index (χ1n) is 8.14. The fourth-order valence-corrected chi connectivity index (χ4v) is 3.17. The van der Waals surface area contributed by atoms with Crippen molar-refractivity contribution in [2.45, 2.75) is 25.5 Å². The number of carbonyl (C=O) groups excluding carboxylic acids is 2. The van der Waals surface area contributed by atoms with E-state index in [1.54, 1.807) is 19.4 Å². The number of pyridine rings is 1. The van der Waals surface area contributed by atoms with Crippen LogP contribution in [-0.4, -0.2) is 47.5 Å². The minimum atomic E-state index is -0.653. The Hall–Kier alpha value is -2.73. The van der Waals surface area contributed by atoms with E-state index < -0.39 is 11.9 Å². The Morgan fingerprint density at radius 3 is 2.72 bits per heavy atom. The number of nitrogens with zero attached hydrogens (tertiary/aromatic N) is 2. The van der Waals surface area contributed by atoms with Crippen LogP contribution >= 0.6 is 0 Å². The van der Waals surface area contributed by atoms with Gasteiger partial charge in [-0.3, -0.25) is 14.6 Å². The lowest BCUT2D eigenvalue weighted by molar-refractivity contribution is -0.121. The summed E-state index contributed by atoms with van der Waals surface area (Å²) in [6, 6.07) is 9.13. The maximum atomic E-state index is 12.9. The normalized spacial score (nSPS) is 19.8. The molecule has 2 atom stereocenters. The summed E-state index contributed by atoms with van der Waals surface area (Å²) in [6.45, 7) is 2.36. The monoisotopic (exact) mass is 339 g/mol. The average molecular weight is 339 g/mol. The minimum absolute atomic E-state index is 0.186. The van der Waals surface area contributed by atoms with Crippen LogP contribution in [0.4, 0.5) is 0 Å². The Labute approximate surface area is 146 Å². The van der Waals surface area contributed by atoms with Crippen molar-refractivity contribution in [1.29, 1.82) is 0 Å². The third-order valence-corrected chi connectivity index (χ3v) is 4.52. The lowest BCUT2D eigenvalue weighted by atomic mass is 10.0. The van der Waals surface area contributed by atoms with Crippen LogP contribution in [0.25, 0.3) is 11.1 Å². The van der Waals surface area contributed by atoms with Crippen molar-refractivity contribution in [3.05, 3.63) is 53.9 Å². The number of aromatic nitrogens is 1. The summed E-state index contributed by atoms with van der Waals surface area (Å²) in [7, 11) is 1.57. The van der Waals surface area contributed by atoms with Gasteiger partial charge in [-0.15, -0.1) is 0 Å². The highest BCUT2D eigenvalue weighted by Crippen LogP contribution is 2.25. The van der Waals surface area contributed by atoms with E-state index in [0.717, 1.165) is 16.7 Å². The molecule has 1 aliphatic rings. The molecule has 2 N–H and O–H groups in total. The van der Waals surface area contributed by atoms with Gasteiger partial charge in [-0.25, -0.2) is 0 Å². The van der Waals surface area contributed by atoms with E-state index in [0.29, 0.717) is 18.5 Å². The van der Waals surface area contributed by atoms with Gasteiger partial charge in [0.25, 0.3) is 5.91 Å². The number of ether oxygens (including phenoxy) is 1. The highest BCUT2D eigenvalue weighted by atomic mass is 16.5. The van der Waals surface area contributed by atoms with Gasteiger partial charge in [0, 0.05) is 38.0 Å². The number of hydrogen-bond donors (Lipinski definition) is 1. The molecule has 0 radical (unpaired) electrons. The van der Waals surface area contributed by atoms with Gasteiger partial charge in [0.05, 0.1) is 11.7 Å². The second-order valence-corrected chi connectivity index (χ2v) is 6.30. The molecular formula is C19H21N3O3. The summed E-state index contributed by atoms with van der Waals surface area (Å²) in [5.74, 6) is -0.777. The first kappa shape index (κ1) is 17.1. The van der Waals surface area contributed by atoms with E-state index in [9.17, 15) is 9.59 Å². The third-order valence-electron chi connectivity index (χ3n) is 4.52. The van der Waals surface area contributed by atoms with Crippen LogP contribution in [0, 0.1) is 6.92 Å². The predicted molar refractivity (Wildman–Crippen MR) is 93.8 cm³/mol. The molecule has 0 unspecified atom stereocenters. The van der Waals surface area contributed by atoms with E-state index in [-0.39, 0.29) is 12.0 Å². The van der Waals surface area contributed by atoms with E-state index in [2.05, 4.69) is 4.98 Å². The lowest BCUT2D eigenvalue weighted by Gasteiger charge is -2.22. The largest absolute Gasteiger partial charge is 0.380 e. The number of likely N-dealkylation sites (tertiary alicyclic amines) is 1. The number of carbonyl (C=O) groups is 2. The maximum Gasteiger partial charge on any atom is 0.256 e. The van der Waals surface area contributed by atoms with Crippen molar-refractivity contribution in [3.63, 3.8) is 0 Å². The van der Waals surface area contributed by atoms with Crippen LogP contribution in [-0.2, 0) is 9.53 Å². The molecule has 1 aliphatic heterocycles. The number of primary amides is 1. The van der Waals surface area contributed by atoms with Crippen molar-refractivity contribution < 1.29 is 14.3 Å². The number of methoxy groups -OCH3 is 1. The number of hydrogen-bond acceptors (Lipinski definition) is 4. The molecule has 0 bridgehead atoms. The van der Waals surface area contributed by atoms with Gasteiger partial charge in [0.2, 0.25) is 5.91 Å². The van der Waals surface area contributed by atoms with Gasteiger partial charge in [-0.1, -0.05) is 29.8 Å². The Kier molecular flexibility index (Phi) is 4.81. The number of rotatable bonds is 4. The number of aryl methyl sites for hydroxylation is 1. The molecule has 2 aromatic rings. The SMILES string of the molecule is CO[C@H]1C[C@@H](C(N)=O)N(C(=O)c2cncc(-c3cccc(C)c3)c2)C1. The van der Waals surface area contributed by atoms with Gasteiger partial charge in [0.15, 0.2) is 0 Å². The first-order valence-corrected chi connectivity index (χ1v) is 8.14. The van der Waals surface area contributed by atoms with E-state index in [4.69, 9.17) is 10.5 Å². The molecule has 3 rings (SSSR count). The number of nitrogens with two attached hydrogens (primary N) is 1. The topological polar surface area (TPSA) is 85.5 Å². The fraction of sp³-hybridized carbons (Fsp3) is 0.316. The molecule has 25 heavy (non-hydrogen) atoms. The molecule has 1 aromatic carbocycles. The fourth-order valence-electron chi connectivity index (χ4n) is 3.17. The van der Waals surface area contributed by atoms with Crippen molar-refractivity contribution in [1.82, 2.24) is 9.88 Å². The van der Waals surface area contributed by atoms with Gasteiger partial charge in [-0.2, -0.15) is 0 Å². The zero-order chi connectivity index (χ0) is 18.0. The predicted octanol–water partition coefficient (Wildman–Crippen LogP) is 1.77. The lowest BCUT2D eigenvalue weighted by Crippen LogP contribution is -2.43. The van der Waals surface area contributed by atoms with Crippen LogP contribution in [0.2, 0.25) is 0 Å². The van der Waals surface area contributed by atoms with Crippen molar-refractivity contribution in [3.8, 4) is 11.1 Å². The van der Waals surface area contributed by atoms with Crippen LogP contribution in [0.15, 0.2) is 42.7 Å². The van der Waals surface area contributed by atoms with Crippen molar-refractivity contribution in [2.75, 3.05) is 13.7 Å². The molecule has 130 valence electrons. The summed E-state index contributed by atoms with van der Waals surface area (Å²) in [5, 5.41) is 0. The molecule has 0 spiro atoms. The third kappa shape index (κ3) is 3.53. The second kappa shape index (κ2) is 7.03. The molecule has 2 amide bonds. The van der Waals surface area contributed by atoms with Crippen molar-refractivity contribution >= 4 is 11.8 Å². The zero-order valence-electron chi connectivity index (χ0n) is 14.3. The standard InChI is InChI=1S/C19H21N3O3/c1-12-4-3-5-13(6-12)14-7-15(10-21-9-14)19(24)22-11-16(25-2)8-17(22)18(20)23/h3-7,9-10,16-17H,8,11H2,1-2H3,(H2,20,23)/t16-,17-/m0/s1. The summed E-state index contributed by atoms with van der Waals surface area (Å²) < 4.78 is 5.30. The van der Waals surface area contributed by atoms with Gasteiger partial charge in [-0.05, 0) is 18.6 Å². The molecule has 0 aliphatic carbocycles. The Balaban J connectivity index is 1.90. The summed E-state index contributed by atoms with van der Waals surface area (Å²) >= 11 is 0. The Morgan fingerprint density at radius 1 is 1.24 bits per heavy atom. The quantitative estimate of drug-likeness (QED) is 0.920. The van der Waals surface area contributed by atoms with E-state index in [1.165, 1.54) is 11.1 Å².